The first-order chi connectivity index (χ1) is 9.93. The van der Waals surface area contributed by atoms with Crippen LogP contribution in [-0.4, -0.2) is 44.0 Å². The minimum absolute atomic E-state index is 0.0218. The Balaban J connectivity index is 2.11. The van der Waals surface area contributed by atoms with Crippen LogP contribution in [0.4, 0.5) is 9.93 Å². The summed E-state index contributed by atoms with van der Waals surface area (Å²) in [6.07, 6.45) is 4.40. The van der Waals surface area contributed by atoms with E-state index in [0.29, 0.717) is 11.0 Å². The lowest BCUT2D eigenvalue weighted by molar-refractivity contribution is -0.140. The number of carbonyl (C=O) groups is 2. The number of carboxylic acid groups (broad SMARTS) is 1. The summed E-state index contributed by atoms with van der Waals surface area (Å²) in [4.78, 5) is 29.2. The number of hydrogen-bond acceptors (Lipinski definition) is 5. The van der Waals surface area contributed by atoms with Gasteiger partial charge >= 0.3 is 12.0 Å². The Morgan fingerprint density at radius 3 is 2.57 bits per heavy atom. The Bertz CT molecular complexity index is 525. The van der Waals surface area contributed by atoms with Gasteiger partial charge in [0.25, 0.3) is 0 Å². The van der Waals surface area contributed by atoms with E-state index in [-0.39, 0.29) is 12.5 Å². The molecule has 0 saturated heterocycles. The lowest BCUT2D eigenvalue weighted by atomic mass is 9.78. The molecule has 1 aromatic rings. The maximum atomic E-state index is 12.4. The van der Waals surface area contributed by atoms with Crippen LogP contribution in [0.5, 0.6) is 0 Å². The third-order valence-electron chi connectivity index (χ3n) is 4.02. The van der Waals surface area contributed by atoms with E-state index in [1.54, 1.807) is 14.0 Å². The van der Waals surface area contributed by atoms with Crippen molar-refractivity contribution in [2.75, 3.05) is 12.4 Å². The monoisotopic (exact) mass is 312 g/mol. The molecule has 7 nitrogen and oxygen atoms in total. The lowest BCUT2D eigenvalue weighted by Crippen LogP contribution is -2.53. The molecule has 0 bridgehead atoms. The zero-order valence-corrected chi connectivity index (χ0v) is 13.1. The van der Waals surface area contributed by atoms with Crippen LogP contribution < -0.4 is 5.32 Å². The van der Waals surface area contributed by atoms with Gasteiger partial charge in [0.1, 0.15) is 5.82 Å². The van der Waals surface area contributed by atoms with Crippen molar-refractivity contribution < 1.29 is 14.7 Å². The Morgan fingerprint density at radius 2 is 2.05 bits per heavy atom. The topological polar surface area (TPSA) is 95.4 Å². The second-order valence-corrected chi connectivity index (χ2v) is 6.24. The average Bonchev–Trinajstić information content (AvgIpc) is 2.83. The van der Waals surface area contributed by atoms with Crippen LogP contribution >= 0.6 is 11.5 Å². The molecular weight excluding hydrogens is 292 g/mol. The molecule has 0 spiro atoms. The number of amides is 2. The molecule has 0 aromatic carbocycles. The van der Waals surface area contributed by atoms with Gasteiger partial charge in [-0.2, -0.15) is 4.37 Å². The molecule has 1 fully saturated rings. The van der Waals surface area contributed by atoms with Crippen molar-refractivity contribution in [1.29, 1.82) is 0 Å². The fourth-order valence-corrected chi connectivity index (χ4v) is 3.43. The van der Waals surface area contributed by atoms with Gasteiger partial charge in [-0.15, -0.1) is 0 Å². The van der Waals surface area contributed by atoms with Crippen molar-refractivity contribution in [3.05, 3.63) is 5.82 Å². The maximum Gasteiger partial charge on any atom is 0.323 e. The second-order valence-electron chi connectivity index (χ2n) is 5.49. The van der Waals surface area contributed by atoms with E-state index in [0.717, 1.165) is 43.6 Å². The molecule has 21 heavy (non-hydrogen) atoms. The first kappa shape index (κ1) is 15.7. The largest absolute Gasteiger partial charge is 0.481 e. The predicted molar refractivity (Wildman–Crippen MR) is 79.5 cm³/mol. The van der Waals surface area contributed by atoms with Gasteiger partial charge in [0.05, 0.1) is 12.0 Å². The molecule has 1 saturated carbocycles. The summed E-state index contributed by atoms with van der Waals surface area (Å²) in [5, 5.41) is 12.3. The summed E-state index contributed by atoms with van der Waals surface area (Å²) in [5.41, 5.74) is -0.603. The van der Waals surface area contributed by atoms with Crippen molar-refractivity contribution in [2.24, 2.45) is 0 Å². The van der Waals surface area contributed by atoms with Gasteiger partial charge in [-0.25, -0.2) is 9.78 Å². The number of rotatable bonds is 4. The number of nitrogens with zero attached hydrogens (tertiary/aromatic N) is 3. The number of aliphatic carboxylic acids is 1. The molecule has 0 aliphatic heterocycles. The fraction of sp³-hybridized carbons (Fsp3) is 0.692. The van der Waals surface area contributed by atoms with Crippen molar-refractivity contribution in [3.8, 4) is 0 Å². The zero-order valence-electron chi connectivity index (χ0n) is 12.3. The van der Waals surface area contributed by atoms with E-state index in [4.69, 9.17) is 0 Å². The van der Waals surface area contributed by atoms with Crippen molar-refractivity contribution in [1.82, 2.24) is 14.3 Å². The second kappa shape index (κ2) is 6.38. The van der Waals surface area contributed by atoms with Gasteiger partial charge in [-0.3, -0.25) is 10.1 Å². The normalized spacial score (nSPS) is 17.2. The van der Waals surface area contributed by atoms with Crippen LogP contribution in [-0.2, 0) is 4.79 Å². The molecule has 2 rings (SSSR count). The number of aromatic nitrogens is 2. The van der Waals surface area contributed by atoms with Gasteiger partial charge in [-0.1, -0.05) is 19.3 Å². The van der Waals surface area contributed by atoms with E-state index in [2.05, 4.69) is 14.7 Å². The van der Waals surface area contributed by atoms with Gasteiger partial charge in [0.2, 0.25) is 5.13 Å². The van der Waals surface area contributed by atoms with Crippen LogP contribution in [0, 0.1) is 6.92 Å². The molecular formula is C13H20N4O3S. The first-order valence-corrected chi connectivity index (χ1v) is 7.77. The van der Waals surface area contributed by atoms with E-state index in [1.165, 1.54) is 4.90 Å². The van der Waals surface area contributed by atoms with Gasteiger partial charge in [0, 0.05) is 18.6 Å². The standard InChI is InChI=1S/C13H20N4O3S/c1-9-14-11(21-16-9)15-12(20)17(2)13(8-10(18)19)6-4-3-5-7-13/h3-8H2,1-2H3,(H,18,19)(H,14,15,16,20). The van der Waals surface area contributed by atoms with Crippen LogP contribution in [0.15, 0.2) is 0 Å². The molecule has 1 aliphatic rings. The number of aryl methyl sites for hydroxylation is 1. The van der Waals surface area contributed by atoms with Crippen molar-refractivity contribution >= 4 is 28.7 Å². The number of carbonyl (C=O) groups excluding carboxylic acids is 1. The molecule has 116 valence electrons. The van der Waals surface area contributed by atoms with E-state index in [9.17, 15) is 14.7 Å². The maximum absolute atomic E-state index is 12.4. The highest BCUT2D eigenvalue weighted by molar-refractivity contribution is 7.09. The number of anilines is 1. The molecule has 0 unspecified atom stereocenters. The minimum atomic E-state index is -0.872. The van der Waals surface area contributed by atoms with Crippen molar-refractivity contribution in [2.45, 2.75) is 51.0 Å². The molecule has 0 radical (unpaired) electrons. The van der Waals surface area contributed by atoms with Gasteiger partial charge in [-0.05, 0) is 19.8 Å². The number of nitrogens with one attached hydrogen (secondary N) is 1. The molecule has 2 amide bonds. The molecule has 1 aromatic heterocycles. The Kier molecular flexibility index (Phi) is 4.76. The van der Waals surface area contributed by atoms with Crippen LogP contribution in [0.3, 0.4) is 0 Å². The molecule has 8 heteroatoms. The fourth-order valence-electron chi connectivity index (χ4n) is 2.86. The highest BCUT2D eigenvalue weighted by Crippen LogP contribution is 2.36. The van der Waals surface area contributed by atoms with Gasteiger partial charge in [0.15, 0.2) is 0 Å². The minimum Gasteiger partial charge on any atom is -0.481 e. The molecule has 1 heterocycles. The highest BCUT2D eigenvalue weighted by atomic mass is 32.1. The van der Waals surface area contributed by atoms with Gasteiger partial charge < -0.3 is 10.0 Å². The summed E-state index contributed by atoms with van der Waals surface area (Å²) < 4.78 is 4.01. The van der Waals surface area contributed by atoms with Crippen molar-refractivity contribution in [3.63, 3.8) is 0 Å². The summed E-state index contributed by atoms with van der Waals surface area (Å²) in [6, 6.07) is -0.325. The van der Waals surface area contributed by atoms with Crippen LogP contribution in [0.1, 0.15) is 44.3 Å². The SMILES string of the molecule is Cc1nsc(NC(=O)N(C)C2(CC(=O)O)CCCCC2)n1. The summed E-state index contributed by atoms with van der Waals surface area (Å²) >= 11 is 1.12. The van der Waals surface area contributed by atoms with E-state index < -0.39 is 11.5 Å². The molecule has 0 atom stereocenters. The van der Waals surface area contributed by atoms with Crippen LogP contribution in [0.25, 0.3) is 0 Å². The quantitative estimate of drug-likeness (QED) is 0.890. The van der Waals surface area contributed by atoms with E-state index in [1.807, 2.05) is 0 Å². The Hall–Kier alpha value is -1.70. The number of carboxylic acids is 1. The lowest BCUT2D eigenvalue weighted by Gasteiger charge is -2.43. The highest BCUT2D eigenvalue weighted by Gasteiger charge is 2.40. The third kappa shape index (κ3) is 3.69. The molecule has 2 N–H and O–H groups in total. The van der Waals surface area contributed by atoms with E-state index >= 15 is 0 Å². The third-order valence-corrected chi connectivity index (χ3v) is 4.74. The predicted octanol–water partition coefficient (Wildman–Crippen LogP) is 2.49. The smallest absolute Gasteiger partial charge is 0.323 e. The zero-order chi connectivity index (χ0) is 15.5. The summed E-state index contributed by atoms with van der Waals surface area (Å²) in [5.74, 6) is -0.265. The molecule has 1 aliphatic carbocycles. The summed E-state index contributed by atoms with van der Waals surface area (Å²) in [6.45, 7) is 1.75. The average molecular weight is 312 g/mol. The van der Waals surface area contributed by atoms with Crippen LogP contribution in [0.2, 0.25) is 0 Å². The first-order valence-electron chi connectivity index (χ1n) is 7.00. The summed E-state index contributed by atoms with van der Waals surface area (Å²) in [7, 11) is 1.66. The Morgan fingerprint density at radius 1 is 1.38 bits per heavy atom. The number of urea groups is 1. The number of hydrogen-bond donors (Lipinski definition) is 2. The Labute approximate surface area is 127 Å².